The highest BCUT2D eigenvalue weighted by atomic mass is 19.1. The molecule has 0 radical (unpaired) electrons. The van der Waals surface area contributed by atoms with Crippen LogP contribution in [0.15, 0.2) is 54.6 Å². The average Bonchev–Trinajstić information content (AvgIpc) is 3.68. The Labute approximate surface area is 252 Å². The predicted molar refractivity (Wildman–Crippen MR) is 162 cm³/mol. The van der Waals surface area contributed by atoms with Gasteiger partial charge in [-0.1, -0.05) is 36.4 Å². The fraction of sp³-hybridized carbons (Fsp3) is 0.500. The highest BCUT2D eigenvalue weighted by molar-refractivity contribution is 5.96. The molecule has 0 spiro atoms. The standard InChI is InChI=1S/C34H42FN3O5/c1-42-16-5-17-43-34(41)30-20-26-18-22(8-13-29(26)37-30)19-31(39)32-27(23-6-3-2-4-7-23)14-15-38(32)33(40)25-11-9-24(10-12-25)28(36)21-35/h2-4,6-8,13,18,20,24-25,27-28,32,37H,5,9-12,14-17,19,21,36H2,1H3/t24?,25?,27-,28?,32-/m0/s1. The van der Waals surface area contributed by atoms with Crippen LogP contribution in [0.2, 0.25) is 0 Å². The molecule has 3 aromatic rings. The number of alkyl halides is 1. The first kappa shape index (κ1) is 30.9. The Hall–Kier alpha value is -3.56. The molecular formula is C34H42FN3O5. The molecular weight excluding hydrogens is 549 g/mol. The Bertz CT molecular complexity index is 1400. The number of amides is 1. The van der Waals surface area contributed by atoms with Crippen LogP contribution in [-0.4, -0.2) is 73.2 Å². The molecule has 3 atom stereocenters. The summed E-state index contributed by atoms with van der Waals surface area (Å²) in [7, 11) is 1.60. The molecule has 0 bridgehead atoms. The van der Waals surface area contributed by atoms with Gasteiger partial charge in [0, 0.05) is 61.9 Å². The third-order valence-electron chi connectivity index (χ3n) is 9.15. The second-order valence-electron chi connectivity index (χ2n) is 11.9. The van der Waals surface area contributed by atoms with Crippen LogP contribution >= 0.6 is 0 Å². The molecule has 2 heterocycles. The van der Waals surface area contributed by atoms with Gasteiger partial charge in [-0.3, -0.25) is 9.59 Å². The number of carbonyl (C=O) groups excluding carboxylic acids is 3. The Morgan fingerprint density at radius 2 is 1.79 bits per heavy atom. The molecule has 1 aromatic heterocycles. The van der Waals surface area contributed by atoms with Gasteiger partial charge in [0.05, 0.1) is 12.6 Å². The minimum absolute atomic E-state index is 0.000465. The van der Waals surface area contributed by atoms with Gasteiger partial charge in [-0.15, -0.1) is 0 Å². The summed E-state index contributed by atoms with van der Waals surface area (Å²) in [6.07, 6.45) is 4.32. The second-order valence-corrected chi connectivity index (χ2v) is 11.9. The summed E-state index contributed by atoms with van der Waals surface area (Å²) in [6.45, 7) is 0.779. The van der Waals surface area contributed by atoms with Crippen molar-refractivity contribution in [2.75, 3.05) is 33.5 Å². The maximum Gasteiger partial charge on any atom is 0.354 e. The van der Waals surface area contributed by atoms with E-state index in [1.807, 2.05) is 53.4 Å². The van der Waals surface area contributed by atoms with Gasteiger partial charge in [0.25, 0.3) is 0 Å². The van der Waals surface area contributed by atoms with Crippen LogP contribution in [0.3, 0.4) is 0 Å². The van der Waals surface area contributed by atoms with Gasteiger partial charge in [0.1, 0.15) is 12.4 Å². The lowest BCUT2D eigenvalue weighted by Crippen LogP contribution is -2.47. The number of halogens is 1. The summed E-state index contributed by atoms with van der Waals surface area (Å²) < 4.78 is 23.4. The summed E-state index contributed by atoms with van der Waals surface area (Å²) in [4.78, 5) is 45.3. The third-order valence-corrected chi connectivity index (χ3v) is 9.15. The summed E-state index contributed by atoms with van der Waals surface area (Å²) in [5.74, 6) is -0.555. The normalized spacial score (nSPS) is 22.9. The number of ketones is 1. The van der Waals surface area contributed by atoms with E-state index in [-0.39, 0.29) is 42.5 Å². The van der Waals surface area contributed by atoms with Crippen molar-refractivity contribution in [3.8, 4) is 0 Å². The lowest BCUT2D eigenvalue weighted by Gasteiger charge is -2.35. The summed E-state index contributed by atoms with van der Waals surface area (Å²) in [5, 5.41) is 0.816. The van der Waals surface area contributed by atoms with Crippen LogP contribution in [0.5, 0.6) is 0 Å². The van der Waals surface area contributed by atoms with Gasteiger partial charge in [0.2, 0.25) is 5.91 Å². The number of nitrogens with two attached hydrogens (primary N) is 1. The van der Waals surface area contributed by atoms with E-state index in [9.17, 15) is 18.8 Å². The Balaban J connectivity index is 1.31. The molecule has 2 aromatic carbocycles. The van der Waals surface area contributed by atoms with E-state index < -0.39 is 24.7 Å². The van der Waals surface area contributed by atoms with E-state index in [0.29, 0.717) is 38.1 Å². The number of aromatic amines is 1. The number of H-pyrrole nitrogens is 1. The van der Waals surface area contributed by atoms with Crippen LogP contribution in [0.4, 0.5) is 4.39 Å². The van der Waals surface area contributed by atoms with Gasteiger partial charge in [-0.05, 0) is 67.3 Å². The number of fused-ring (bicyclic) bond motifs is 1. The zero-order chi connectivity index (χ0) is 30.3. The van der Waals surface area contributed by atoms with Crippen molar-refractivity contribution in [1.82, 2.24) is 9.88 Å². The number of esters is 1. The minimum atomic E-state index is -0.555. The molecule has 2 aliphatic rings. The first-order valence-electron chi connectivity index (χ1n) is 15.4. The number of aromatic nitrogens is 1. The van der Waals surface area contributed by atoms with Gasteiger partial charge in [-0.25, -0.2) is 9.18 Å². The number of ether oxygens (including phenoxy) is 2. The Morgan fingerprint density at radius 3 is 2.51 bits per heavy atom. The molecule has 1 saturated heterocycles. The van der Waals surface area contributed by atoms with Crippen molar-refractivity contribution in [3.05, 3.63) is 71.4 Å². The van der Waals surface area contributed by atoms with Gasteiger partial charge >= 0.3 is 5.97 Å². The first-order valence-corrected chi connectivity index (χ1v) is 15.4. The van der Waals surface area contributed by atoms with Crippen LogP contribution in [-0.2, 0) is 25.5 Å². The molecule has 8 nitrogen and oxygen atoms in total. The fourth-order valence-corrected chi connectivity index (χ4v) is 6.80. The molecule has 1 amide bonds. The minimum Gasteiger partial charge on any atom is -0.461 e. The largest absolute Gasteiger partial charge is 0.461 e. The number of carbonyl (C=O) groups is 3. The van der Waals surface area contributed by atoms with E-state index in [2.05, 4.69) is 4.98 Å². The number of hydrogen-bond donors (Lipinski definition) is 2. The molecule has 1 aliphatic heterocycles. The SMILES string of the molecule is COCCCOC(=O)c1cc2cc(CC(=O)[C@@H]3[C@H](c4ccccc4)CCN3C(=O)C3CCC(C(N)CF)CC3)ccc2[nH]1. The van der Waals surface area contributed by atoms with E-state index in [1.54, 1.807) is 13.2 Å². The molecule has 1 unspecified atom stereocenters. The number of likely N-dealkylation sites (tertiary alicyclic amines) is 1. The molecule has 230 valence electrons. The zero-order valence-corrected chi connectivity index (χ0v) is 24.8. The fourth-order valence-electron chi connectivity index (χ4n) is 6.80. The number of methoxy groups -OCH3 is 1. The Morgan fingerprint density at radius 1 is 1.02 bits per heavy atom. The molecule has 1 saturated carbocycles. The van der Waals surface area contributed by atoms with Crippen LogP contribution in [0.1, 0.15) is 66.1 Å². The lowest BCUT2D eigenvalue weighted by molar-refractivity contribution is -0.142. The van der Waals surface area contributed by atoms with Crippen LogP contribution in [0.25, 0.3) is 10.9 Å². The second kappa shape index (κ2) is 14.3. The summed E-state index contributed by atoms with van der Waals surface area (Å²) in [5.41, 5.74) is 8.96. The number of nitrogens with zero attached hydrogens (tertiary/aromatic N) is 1. The quantitative estimate of drug-likeness (QED) is 0.227. The van der Waals surface area contributed by atoms with Gasteiger partial charge < -0.3 is 25.1 Å². The maximum atomic E-state index is 14.1. The van der Waals surface area contributed by atoms with Crippen LogP contribution in [0, 0.1) is 11.8 Å². The molecule has 5 rings (SSSR count). The first-order chi connectivity index (χ1) is 20.9. The van der Waals surface area contributed by atoms with E-state index in [0.717, 1.165) is 41.3 Å². The van der Waals surface area contributed by atoms with Crippen molar-refractivity contribution >= 4 is 28.6 Å². The van der Waals surface area contributed by atoms with E-state index in [1.165, 1.54) is 0 Å². The Kier molecular flexibility index (Phi) is 10.3. The van der Waals surface area contributed by atoms with Gasteiger partial charge in [0.15, 0.2) is 5.78 Å². The number of hydrogen-bond acceptors (Lipinski definition) is 6. The molecule has 1 aliphatic carbocycles. The number of nitrogens with one attached hydrogen (secondary N) is 1. The van der Waals surface area contributed by atoms with Crippen molar-refractivity contribution < 1.29 is 28.2 Å². The molecule has 43 heavy (non-hydrogen) atoms. The average molecular weight is 592 g/mol. The third kappa shape index (κ3) is 7.16. The van der Waals surface area contributed by atoms with Gasteiger partial charge in [-0.2, -0.15) is 0 Å². The van der Waals surface area contributed by atoms with Crippen LogP contribution < -0.4 is 5.73 Å². The topological polar surface area (TPSA) is 115 Å². The highest BCUT2D eigenvalue weighted by Crippen LogP contribution is 2.38. The van der Waals surface area contributed by atoms with Crippen molar-refractivity contribution in [2.24, 2.45) is 17.6 Å². The smallest absolute Gasteiger partial charge is 0.354 e. The molecule has 3 N–H and O–H groups in total. The maximum absolute atomic E-state index is 14.1. The molecule has 9 heteroatoms. The number of Topliss-reactive ketones (excluding diaryl/α,β-unsaturated/α-hetero) is 1. The summed E-state index contributed by atoms with van der Waals surface area (Å²) in [6, 6.07) is 16.3. The summed E-state index contributed by atoms with van der Waals surface area (Å²) >= 11 is 0. The number of rotatable bonds is 12. The van der Waals surface area contributed by atoms with E-state index in [4.69, 9.17) is 15.2 Å². The predicted octanol–water partition coefficient (Wildman–Crippen LogP) is 4.96. The monoisotopic (exact) mass is 591 g/mol. The lowest BCUT2D eigenvalue weighted by atomic mass is 9.78. The van der Waals surface area contributed by atoms with Crippen molar-refractivity contribution in [2.45, 2.75) is 62.9 Å². The van der Waals surface area contributed by atoms with Crippen molar-refractivity contribution in [3.63, 3.8) is 0 Å². The zero-order valence-electron chi connectivity index (χ0n) is 24.8. The highest BCUT2D eigenvalue weighted by Gasteiger charge is 2.44. The number of benzene rings is 2. The molecule has 2 fully saturated rings. The van der Waals surface area contributed by atoms with E-state index >= 15 is 0 Å². The van der Waals surface area contributed by atoms with Crippen molar-refractivity contribution in [1.29, 1.82) is 0 Å².